The average molecular weight is 164 g/mol. The molecule has 2 rings (SSSR count). The van der Waals surface area contributed by atoms with Crippen molar-refractivity contribution in [3.8, 4) is 0 Å². The highest BCUT2D eigenvalue weighted by atomic mass is 14.5. The molecule has 1 fully saturated rings. The Morgan fingerprint density at radius 2 is 1.50 bits per heavy atom. The van der Waals surface area contributed by atoms with Gasteiger partial charge in [-0.1, -0.05) is 45.8 Å². The molecule has 12 heavy (non-hydrogen) atoms. The average Bonchev–Trinajstić information content (AvgIpc) is 2.84. The largest absolute Gasteiger partial charge is 0.0807 e. The summed E-state index contributed by atoms with van der Waals surface area (Å²) in [7, 11) is 0. The third kappa shape index (κ3) is 1.04. The van der Waals surface area contributed by atoms with Gasteiger partial charge < -0.3 is 0 Å². The first kappa shape index (κ1) is 8.34. The molecule has 2 aliphatic rings. The second-order valence-corrected chi connectivity index (χ2v) is 4.54. The fourth-order valence-electron chi connectivity index (χ4n) is 3.37. The molecule has 0 spiro atoms. The van der Waals surface area contributed by atoms with Gasteiger partial charge in [0.15, 0.2) is 0 Å². The summed E-state index contributed by atoms with van der Waals surface area (Å²) in [6.45, 7) is 7.14. The monoisotopic (exact) mass is 164 g/mol. The van der Waals surface area contributed by atoms with Crippen LogP contribution in [0.3, 0.4) is 0 Å². The summed E-state index contributed by atoms with van der Waals surface area (Å²) in [5.74, 6) is 4.96. The van der Waals surface area contributed by atoms with Crippen molar-refractivity contribution in [1.29, 1.82) is 0 Å². The fourth-order valence-corrected chi connectivity index (χ4v) is 3.37. The van der Waals surface area contributed by atoms with E-state index in [0.29, 0.717) is 0 Å². The van der Waals surface area contributed by atoms with E-state index >= 15 is 0 Å². The third-order valence-corrected chi connectivity index (χ3v) is 4.14. The zero-order valence-electron chi connectivity index (χ0n) is 8.46. The van der Waals surface area contributed by atoms with Crippen molar-refractivity contribution in [2.75, 3.05) is 0 Å². The molecule has 0 amide bonds. The van der Waals surface area contributed by atoms with Gasteiger partial charge in [-0.15, -0.1) is 0 Å². The van der Waals surface area contributed by atoms with Gasteiger partial charge >= 0.3 is 0 Å². The van der Waals surface area contributed by atoms with Crippen LogP contribution >= 0.6 is 0 Å². The Bertz CT molecular complexity index is 174. The topological polar surface area (TPSA) is 0 Å². The van der Waals surface area contributed by atoms with Gasteiger partial charge in [0.1, 0.15) is 0 Å². The predicted octanol–water partition coefficient (Wildman–Crippen LogP) is 3.49. The lowest BCUT2D eigenvalue weighted by Crippen LogP contribution is -2.46. The molecule has 2 atom stereocenters. The normalized spacial score (nSPS) is 45.9. The molecule has 0 nitrogen and oxygen atoms in total. The van der Waals surface area contributed by atoms with Crippen LogP contribution in [0.4, 0.5) is 0 Å². The summed E-state index contributed by atoms with van der Waals surface area (Å²) < 4.78 is 0. The lowest BCUT2D eigenvalue weighted by Gasteiger charge is -2.51. The molecule has 0 saturated heterocycles. The first-order chi connectivity index (χ1) is 5.79. The van der Waals surface area contributed by atoms with Crippen molar-refractivity contribution in [3.63, 3.8) is 0 Å². The number of rotatable bonds is 3. The number of hydrogen-bond donors (Lipinski definition) is 0. The second kappa shape index (κ2) is 2.90. The maximum absolute atomic E-state index is 2.45. The van der Waals surface area contributed by atoms with Crippen molar-refractivity contribution in [1.82, 2.24) is 0 Å². The van der Waals surface area contributed by atoms with E-state index in [4.69, 9.17) is 0 Å². The van der Waals surface area contributed by atoms with E-state index in [2.05, 4.69) is 32.9 Å². The molecule has 2 unspecified atom stereocenters. The van der Waals surface area contributed by atoms with Gasteiger partial charge in [-0.2, -0.15) is 0 Å². The Labute approximate surface area is 76.1 Å². The molecule has 0 bridgehead atoms. The summed E-state index contributed by atoms with van der Waals surface area (Å²) >= 11 is 0. The van der Waals surface area contributed by atoms with E-state index in [1.54, 1.807) is 0 Å². The van der Waals surface area contributed by atoms with Crippen LogP contribution in [0.5, 0.6) is 0 Å². The Morgan fingerprint density at radius 1 is 1.00 bits per heavy atom. The molecule has 0 aromatic rings. The van der Waals surface area contributed by atoms with Gasteiger partial charge in [0.2, 0.25) is 0 Å². The van der Waals surface area contributed by atoms with Crippen LogP contribution in [0.2, 0.25) is 0 Å². The molecular formula is C12H20. The molecule has 1 saturated carbocycles. The van der Waals surface area contributed by atoms with E-state index in [9.17, 15) is 0 Å². The molecule has 0 aromatic heterocycles. The van der Waals surface area contributed by atoms with E-state index < -0.39 is 0 Å². The highest BCUT2D eigenvalue weighted by molar-refractivity contribution is 5.20. The van der Waals surface area contributed by atoms with Gasteiger partial charge in [0, 0.05) is 0 Å². The zero-order valence-corrected chi connectivity index (χ0v) is 8.46. The quantitative estimate of drug-likeness (QED) is 0.560. The highest BCUT2D eigenvalue weighted by Gasteiger charge is 2.49. The smallest absolute Gasteiger partial charge is 0.00193 e. The highest BCUT2D eigenvalue weighted by Crippen LogP contribution is 2.55. The van der Waals surface area contributed by atoms with Gasteiger partial charge in [-0.05, 0) is 29.6 Å². The molecule has 0 radical (unpaired) electrons. The van der Waals surface area contributed by atoms with E-state index in [1.807, 2.05) is 0 Å². The molecule has 0 heteroatoms. The van der Waals surface area contributed by atoms with Gasteiger partial charge in [0.05, 0.1) is 0 Å². The van der Waals surface area contributed by atoms with Gasteiger partial charge in [-0.25, -0.2) is 0 Å². The number of hydrogen-bond acceptors (Lipinski definition) is 0. The van der Waals surface area contributed by atoms with Crippen molar-refractivity contribution in [2.24, 2.45) is 29.6 Å². The molecule has 68 valence electrons. The van der Waals surface area contributed by atoms with Crippen molar-refractivity contribution >= 4 is 0 Å². The fraction of sp³-hybridized carbons (Fsp3) is 0.833. The van der Waals surface area contributed by atoms with Crippen LogP contribution in [0, 0.1) is 29.6 Å². The van der Waals surface area contributed by atoms with Crippen molar-refractivity contribution in [2.45, 2.75) is 33.6 Å². The van der Waals surface area contributed by atoms with Crippen LogP contribution in [-0.2, 0) is 0 Å². The molecule has 2 aliphatic carbocycles. The van der Waals surface area contributed by atoms with Crippen LogP contribution < -0.4 is 0 Å². The Hall–Kier alpha value is -0.260. The molecule has 0 N–H and O–H groups in total. The summed E-state index contributed by atoms with van der Waals surface area (Å²) in [5.41, 5.74) is 0. The Morgan fingerprint density at radius 3 is 1.83 bits per heavy atom. The number of allylic oxidation sites excluding steroid dienone is 2. The SMILES string of the molecule is CCC1C(C)C(CC)C1C1C=C1. The second-order valence-electron chi connectivity index (χ2n) is 4.54. The standard InChI is InChI=1S/C12H20/c1-4-10-8(3)11(5-2)12(10)9-6-7-9/h6-12H,4-5H2,1-3H3. The molecule has 0 aliphatic heterocycles. The summed E-state index contributed by atoms with van der Waals surface area (Å²) in [6.07, 6.45) is 7.56. The van der Waals surface area contributed by atoms with Crippen molar-refractivity contribution < 1.29 is 0 Å². The Balaban J connectivity index is 1.98. The van der Waals surface area contributed by atoms with Crippen molar-refractivity contribution in [3.05, 3.63) is 12.2 Å². The zero-order chi connectivity index (χ0) is 8.72. The lowest BCUT2D eigenvalue weighted by atomic mass is 9.53. The first-order valence-corrected chi connectivity index (χ1v) is 5.47. The Kier molecular flexibility index (Phi) is 2.02. The lowest BCUT2D eigenvalue weighted by molar-refractivity contribution is -0.0251. The third-order valence-electron chi connectivity index (χ3n) is 4.14. The summed E-state index contributed by atoms with van der Waals surface area (Å²) in [6, 6.07) is 0. The van der Waals surface area contributed by atoms with Crippen LogP contribution in [0.1, 0.15) is 33.6 Å². The van der Waals surface area contributed by atoms with Crippen LogP contribution in [0.15, 0.2) is 12.2 Å². The maximum Gasteiger partial charge on any atom is -0.00193 e. The van der Waals surface area contributed by atoms with E-state index in [1.165, 1.54) is 12.8 Å². The summed E-state index contributed by atoms with van der Waals surface area (Å²) in [5, 5.41) is 0. The minimum absolute atomic E-state index is 0.899. The predicted molar refractivity (Wildman–Crippen MR) is 52.8 cm³/mol. The summed E-state index contributed by atoms with van der Waals surface area (Å²) in [4.78, 5) is 0. The minimum Gasteiger partial charge on any atom is -0.0807 e. The van der Waals surface area contributed by atoms with Crippen LogP contribution in [-0.4, -0.2) is 0 Å². The maximum atomic E-state index is 2.45. The van der Waals surface area contributed by atoms with Crippen LogP contribution in [0.25, 0.3) is 0 Å². The minimum atomic E-state index is 0.899. The van der Waals surface area contributed by atoms with Gasteiger partial charge in [0.25, 0.3) is 0 Å². The van der Waals surface area contributed by atoms with E-state index in [0.717, 1.165) is 29.6 Å². The first-order valence-electron chi connectivity index (χ1n) is 5.47. The molecule has 0 heterocycles. The van der Waals surface area contributed by atoms with E-state index in [-0.39, 0.29) is 0 Å². The molecular weight excluding hydrogens is 144 g/mol. The van der Waals surface area contributed by atoms with Gasteiger partial charge in [-0.3, -0.25) is 0 Å². The molecule has 0 aromatic carbocycles.